The van der Waals surface area contributed by atoms with Gasteiger partial charge in [0, 0.05) is 6.04 Å². The van der Waals surface area contributed by atoms with Gasteiger partial charge in [-0.2, -0.15) is 0 Å². The van der Waals surface area contributed by atoms with Crippen LogP contribution in [0.15, 0.2) is 0 Å². The average Bonchev–Trinajstić information content (AvgIpc) is 2.40. The summed E-state index contributed by atoms with van der Waals surface area (Å²) in [6, 6.07) is -0.204. The predicted molar refractivity (Wildman–Crippen MR) is 68.0 cm³/mol. The summed E-state index contributed by atoms with van der Waals surface area (Å²) in [6.07, 6.45) is 2.39. The van der Waals surface area contributed by atoms with Crippen molar-refractivity contribution >= 4 is 9.84 Å². The van der Waals surface area contributed by atoms with E-state index in [9.17, 15) is 8.42 Å². The standard InChI is InChI=1S/C12H25NO2S/c1-9(2)6-8-16(14,15)10-5-7-12(3,4)11(10)13/h9-11H,5-8,13H2,1-4H3. The summed E-state index contributed by atoms with van der Waals surface area (Å²) < 4.78 is 24.3. The largest absolute Gasteiger partial charge is 0.326 e. The molecule has 0 aromatic heterocycles. The molecule has 0 aliphatic heterocycles. The van der Waals surface area contributed by atoms with Gasteiger partial charge < -0.3 is 5.73 Å². The Hall–Kier alpha value is -0.0900. The highest BCUT2D eigenvalue weighted by atomic mass is 32.2. The zero-order valence-corrected chi connectivity index (χ0v) is 11.7. The summed E-state index contributed by atoms with van der Waals surface area (Å²) in [5.41, 5.74) is 6.04. The molecule has 1 fully saturated rings. The van der Waals surface area contributed by atoms with Crippen LogP contribution in [0.5, 0.6) is 0 Å². The van der Waals surface area contributed by atoms with Crippen molar-refractivity contribution in [2.75, 3.05) is 5.75 Å². The summed E-state index contributed by atoms with van der Waals surface area (Å²) >= 11 is 0. The van der Waals surface area contributed by atoms with Crippen LogP contribution in [0.25, 0.3) is 0 Å². The van der Waals surface area contributed by atoms with Crippen molar-refractivity contribution in [2.45, 2.75) is 58.2 Å². The van der Waals surface area contributed by atoms with Crippen molar-refractivity contribution in [2.24, 2.45) is 17.1 Å². The third-order valence-corrected chi connectivity index (χ3v) is 6.07. The van der Waals surface area contributed by atoms with E-state index in [4.69, 9.17) is 5.73 Å². The first-order valence-electron chi connectivity index (χ1n) is 6.14. The Morgan fingerprint density at radius 3 is 2.31 bits per heavy atom. The molecule has 0 saturated heterocycles. The van der Waals surface area contributed by atoms with E-state index >= 15 is 0 Å². The van der Waals surface area contributed by atoms with E-state index in [1.54, 1.807) is 0 Å². The van der Waals surface area contributed by atoms with Gasteiger partial charge in [-0.3, -0.25) is 0 Å². The molecule has 16 heavy (non-hydrogen) atoms. The Bertz CT molecular complexity index is 333. The van der Waals surface area contributed by atoms with Gasteiger partial charge in [-0.25, -0.2) is 8.42 Å². The number of hydrogen-bond acceptors (Lipinski definition) is 3. The van der Waals surface area contributed by atoms with Gasteiger partial charge in [-0.05, 0) is 30.6 Å². The Kier molecular flexibility index (Phi) is 4.06. The summed E-state index contributed by atoms with van der Waals surface area (Å²) in [7, 11) is -3.00. The van der Waals surface area contributed by atoms with Crippen LogP contribution in [0.3, 0.4) is 0 Å². The Balaban J connectivity index is 2.71. The minimum Gasteiger partial charge on any atom is -0.326 e. The molecule has 0 heterocycles. The molecule has 0 spiro atoms. The van der Waals surface area contributed by atoms with E-state index in [1.807, 2.05) is 13.8 Å². The second kappa shape index (κ2) is 4.65. The molecule has 0 bridgehead atoms. The minimum atomic E-state index is -3.00. The van der Waals surface area contributed by atoms with Gasteiger partial charge in [0.1, 0.15) is 0 Å². The number of rotatable bonds is 4. The topological polar surface area (TPSA) is 60.2 Å². The Labute approximate surface area is 99.7 Å². The van der Waals surface area contributed by atoms with Gasteiger partial charge in [-0.1, -0.05) is 27.7 Å². The van der Waals surface area contributed by atoms with Crippen molar-refractivity contribution in [1.29, 1.82) is 0 Å². The van der Waals surface area contributed by atoms with Crippen LogP contribution in [0.1, 0.15) is 47.0 Å². The SMILES string of the molecule is CC(C)CCS(=O)(=O)C1CCC(C)(C)C1N. The predicted octanol–water partition coefficient (Wildman–Crippen LogP) is 1.96. The first kappa shape index (κ1) is 14.0. The molecule has 0 aromatic carbocycles. The molecule has 2 unspecified atom stereocenters. The minimum absolute atomic E-state index is 0.0322. The van der Waals surface area contributed by atoms with E-state index in [0.717, 1.165) is 19.3 Å². The molecule has 1 aliphatic carbocycles. The van der Waals surface area contributed by atoms with Crippen LogP contribution < -0.4 is 5.73 Å². The van der Waals surface area contributed by atoms with Crippen molar-refractivity contribution in [3.05, 3.63) is 0 Å². The maximum absolute atomic E-state index is 12.2. The molecule has 3 nitrogen and oxygen atoms in total. The fraction of sp³-hybridized carbons (Fsp3) is 1.00. The highest BCUT2D eigenvalue weighted by Gasteiger charge is 2.45. The highest BCUT2D eigenvalue weighted by molar-refractivity contribution is 7.92. The van der Waals surface area contributed by atoms with Crippen molar-refractivity contribution in [3.63, 3.8) is 0 Å². The van der Waals surface area contributed by atoms with Crippen LogP contribution in [-0.2, 0) is 9.84 Å². The van der Waals surface area contributed by atoms with E-state index in [-0.39, 0.29) is 16.7 Å². The Morgan fingerprint density at radius 1 is 1.38 bits per heavy atom. The van der Waals surface area contributed by atoms with Gasteiger partial charge in [0.2, 0.25) is 0 Å². The van der Waals surface area contributed by atoms with E-state index in [2.05, 4.69) is 13.8 Å². The summed E-state index contributed by atoms with van der Waals surface area (Å²) in [6.45, 7) is 8.23. The van der Waals surface area contributed by atoms with Gasteiger partial charge in [0.25, 0.3) is 0 Å². The van der Waals surface area contributed by atoms with Crippen LogP contribution in [0.2, 0.25) is 0 Å². The highest BCUT2D eigenvalue weighted by Crippen LogP contribution is 2.39. The summed E-state index contributed by atoms with van der Waals surface area (Å²) in [5.74, 6) is 0.722. The molecule has 1 saturated carbocycles. The van der Waals surface area contributed by atoms with Gasteiger partial charge in [0.05, 0.1) is 11.0 Å². The second-order valence-electron chi connectivity index (χ2n) is 6.14. The molecule has 2 atom stereocenters. The lowest BCUT2D eigenvalue weighted by Crippen LogP contribution is -2.44. The van der Waals surface area contributed by atoms with Crippen molar-refractivity contribution in [1.82, 2.24) is 0 Å². The smallest absolute Gasteiger partial charge is 0.154 e. The molecule has 4 heteroatoms. The maximum Gasteiger partial charge on any atom is 0.154 e. The van der Waals surface area contributed by atoms with E-state index in [1.165, 1.54) is 0 Å². The van der Waals surface area contributed by atoms with Crippen LogP contribution in [0.4, 0.5) is 0 Å². The third kappa shape index (κ3) is 2.98. The van der Waals surface area contributed by atoms with Gasteiger partial charge in [-0.15, -0.1) is 0 Å². The average molecular weight is 247 g/mol. The van der Waals surface area contributed by atoms with E-state index in [0.29, 0.717) is 11.7 Å². The fourth-order valence-electron chi connectivity index (χ4n) is 2.32. The van der Waals surface area contributed by atoms with E-state index < -0.39 is 9.84 Å². The molecule has 0 aromatic rings. The van der Waals surface area contributed by atoms with Crippen LogP contribution in [-0.4, -0.2) is 25.5 Å². The Morgan fingerprint density at radius 2 is 1.94 bits per heavy atom. The maximum atomic E-state index is 12.2. The summed E-state index contributed by atoms with van der Waals surface area (Å²) in [5, 5.41) is -0.318. The molecular weight excluding hydrogens is 222 g/mol. The molecule has 0 radical (unpaired) electrons. The van der Waals surface area contributed by atoms with Gasteiger partial charge >= 0.3 is 0 Å². The molecule has 0 amide bonds. The van der Waals surface area contributed by atoms with Crippen molar-refractivity contribution in [3.8, 4) is 0 Å². The molecule has 1 aliphatic rings. The first-order valence-corrected chi connectivity index (χ1v) is 7.85. The second-order valence-corrected chi connectivity index (χ2v) is 8.48. The lowest BCUT2D eigenvalue weighted by molar-refractivity contribution is 0.332. The van der Waals surface area contributed by atoms with Crippen LogP contribution in [0, 0.1) is 11.3 Å². The van der Waals surface area contributed by atoms with Crippen molar-refractivity contribution < 1.29 is 8.42 Å². The fourth-order valence-corrected chi connectivity index (χ4v) is 4.71. The molecular formula is C12H25NO2S. The lowest BCUT2D eigenvalue weighted by Gasteiger charge is -2.26. The van der Waals surface area contributed by atoms with Gasteiger partial charge in [0.15, 0.2) is 9.84 Å². The number of sulfone groups is 1. The lowest BCUT2D eigenvalue weighted by atomic mass is 9.88. The monoisotopic (exact) mass is 247 g/mol. The molecule has 2 N–H and O–H groups in total. The quantitative estimate of drug-likeness (QED) is 0.826. The molecule has 1 rings (SSSR count). The zero-order chi connectivity index (χ0) is 12.6. The number of nitrogens with two attached hydrogens (primary N) is 1. The first-order chi connectivity index (χ1) is 7.17. The number of hydrogen-bond donors (Lipinski definition) is 1. The molecule has 96 valence electrons. The van der Waals surface area contributed by atoms with Crippen LogP contribution >= 0.6 is 0 Å². The third-order valence-electron chi connectivity index (χ3n) is 3.82. The normalized spacial score (nSPS) is 29.9. The zero-order valence-electron chi connectivity index (χ0n) is 10.9. The summed E-state index contributed by atoms with van der Waals surface area (Å²) in [4.78, 5) is 0.